The lowest BCUT2D eigenvalue weighted by Gasteiger charge is -2.08. The first kappa shape index (κ1) is 21.5. The molecule has 164 valence electrons. The second-order valence-electron chi connectivity index (χ2n) is 7.33. The Bertz CT molecular complexity index is 1340. The molecule has 0 atom stereocenters. The largest absolute Gasteiger partial charge is 0.451 e. The summed E-state index contributed by atoms with van der Waals surface area (Å²) in [6.45, 7) is 1.92. The number of aryl methyl sites for hydroxylation is 1. The van der Waals surface area contributed by atoms with Gasteiger partial charge >= 0.3 is 0 Å². The van der Waals surface area contributed by atoms with E-state index in [4.69, 9.17) is 4.42 Å². The average molecular weight is 441 g/mol. The minimum atomic E-state index is -0.493. The molecule has 0 radical (unpaired) electrons. The highest BCUT2D eigenvalue weighted by Gasteiger charge is 2.15. The van der Waals surface area contributed by atoms with Gasteiger partial charge in [0.1, 0.15) is 5.76 Å². The van der Waals surface area contributed by atoms with Crippen molar-refractivity contribution in [3.63, 3.8) is 0 Å². The van der Waals surface area contributed by atoms with E-state index < -0.39 is 10.8 Å². The molecule has 0 saturated heterocycles. The van der Waals surface area contributed by atoms with Crippen LogP contribution in [0.25, 0.3) is 11.3 Å². The fourth-order valence-corrected chi connectivity index (χ4v) is 3.21. The summed E-state index contributed by atoms with van der Waals surface area (Å²) in [7, 11) is 0. The molecule has 0 aliphatic heterocycles. The van der Waals surface area contributed by atoms with Crippen LogP contribution in [0, 0.1) is 17.0 Å². The summed E-state index contributed by atoms with van der Waals surface area (Å²) >= 11 is 0. The number of hydrogen-bond acceptors (Lipinski definition) is 5. The third kappa shape index (κ3) is 5.13. The van der Waals surface area contributed by atoms with Gasteiger partial charge in [0.25, 0.3) is 17.5 Å². The molecule has 0 bridgehead atoms. The molecule has 0 unspecified atom stereocenters. The van der Waals surface area contributed by atoms with Crippen molar-refractivity contribution in [3.05, 3.63) is 112 Å². The van der Waals surface area contributed by atoms with E-state index in [1.165, 1.54) is 18.2 Å². The molecule has 2 N–H and O–H groups in total. The maximum absolute atomic E-state index is 12.5. The van der Waals surface area contributed by atoms with Gasteiger partial charge in [-0.15, -0.1) is 0 Å². The lowest BCUT2D eigenvalue weighted by atomic mass is 10.1. The maximum atomic E-state index is 12.5. The van der Waals surface area contributed by atoms with E-state index in [9.17, 15) is 19.7 Å². The first-order valence-electron chi connectivity index (χ1n) is 10.0. The number of benzene rings is 3. The fourth-order valence-electron chi connectivity index (χ4n) is 3.21. The van der Waals surface area contributed by atoms with Crippen LogP contribution in [-0.4, -0.2) is 16.7 Å². The maximum Gasteiger partial charge on any atom is 0.291 e. The van der Waals surface area contributed by atoms with Crippen LogP contribution in [0.2, 0.25) is 0 Å². The van der Waals surface area contributed by atoms with E-state index in [-0.39, 0.29) is 17.4 Å². The number of hydrogen-bond donors (Lipinski definition) is 2. The van der Waals surface area contributed by atoms with Crippen molar-refractivity contribution in [2.75, 3.05) is 10.6 Å². The third-order valence-electron chi connectivity index (χ3n) is 4.85. The lowest BCUT2D eigenvalue weighted by molar-refractivity contribution is -0.384. The van der Waals surface area contributed by atoms with E-state index in [2.05, 4.69) is 10.6 Å². The second kappa shape index (κ2) is 9.19. The Morgan fingerprint density at radius 2 is 1.48 bits per heavy atom. The molecular weight excluding hydrogens is 422 g/mol. The molecule has 1 heterocycles. The second-order valence-corrected chi connectivity index (χ2v) is 7.33. The van der Waals surface area contributed by atoms with Crippen LogP contribution in [0.5, 0.6) is 0 Å². The zero-order valence-corrected chi connectivity index (χ0v) is 17.6. The number of rotatable bonds is 6. The topological polar surface area (TPSA) is 114 Å². The Hall–Kier alpha value is -4.72. The lowest BCUT2D eigenvalue weighted by Crippen LogP contribution is -2.13. The predicted octanol–water partition coefficient (Wildman–Crippen LogP) is 5.67. The van der Waals surface area contributed by atoms with E-state index in [0.717, 1.165) is 5.56 Å². The molecule has 0 saturated carbocycles. The summed E-state index contributed by atoms with van der Waals surface area (Å²) in [4.78, 5) is 35.4. The molecule has 0 fully saturated rings. The first-order valence-corrected chi connectivity index (χ1v) is 10.0. The highest BCUT2D eigenvalue weighted by Crippen LogP contribution is 2.26. The zero-order chi connectivity index (χ0) is 23.4. The Morgan fingerprint density at radius 3 is 2.15 bits per heavy atom. The SMILES string of the molecule is Cc1cccc(C(=O)Nc2ccc(NC(=O)c3ccc(-c4cccc([N+](=O)[O-])c4)o3)cc2)c1. The minimum Gasteiger partial charge on any atom is -0.451 e. The normalized spacial score (nSPS) is 10.5. The molecule has 8 heteroatoms. The summed E-state index contributed by atoms with van der Waals surface area (Å²) in [6.07, 6.45) is 0. The number of non-ortho nitro benzene ring substituents is 1. The van der Waals surface area contributed by atoms with E-state index >= 15 is 0 Å². The van der Waals surface area contributed by atoms with Crippen molar-refractivity contribution in [1.29, 1.82) is 0 Å². The highest BCUT2D eigenvalue weighted by molar-refractivity contribution is 6.05. The molecule has 1 aromatic heterocycles. The fraction of sp³-hybridized carbons (Fsp3) is 0.0400. The first-order chi connectivity index (χ1) is 15.9. The van der Waals surface area contributed by atoms with Crippen molar-refractivity contribution >= 4 is 28.9 Å². The van der Waals surface area contributed by atoms with Crippen molar-refractivity contribution in [2.24, 2.45) is 0 Å². The van der Waals surface area contributed by atoms with E-state index in [0.29, 0.717) is 28.3 Å². The van der Waals surface area contributed by atoms with Gasteiger partial charge < -0.3 is 15.1 Å². The summed E-state index contributed by atoms with van der Waals surface area (Å²) in [5.41, 5.74) is 3.09. The molecule has 0 aliphatic rings. The van der Waals surface area contributed by atoms with Crippen LogP contribution in [0.15, 0.2) is 89.3 Å². The highest BCUT2D eigenvalue weighted by atomic mass is 16.6. The molecule has 0 aliphatic carbocycles. The Labute approximate surface area is 189 Å². The molecule has 4 aromatic rings. The number of carbonyl (C=O) groups is 2. The number of anilines is 2. The van der Waals surface area contributed by atoms with E-state index in [1.54, 1.807) is 54.6 Å². The quantitative estimate of drug-likeness (QED) is 0.296. The summed E-state index contributed by atoms with van der Waals surface area (Å²) in [5, 5.41) is 16.5. The van der Waals surface area contributed by atoms with Crippen LogP contribution in [0.4, 0.5) is 17.1 Å². The third-order valence-corrected chi connectivity index (χ3v) is 4.85. The molecule has 0 spiro atoms. The van der Waals surface area contributed by atoms with Gasteiger partial charge in [-0.3, -0.25) is 19.7 Å². The number of nitrogens with zero attached hydrogens (tertiary/aromatic N) is 1. The van der Waals surface area contributed by atoms with E-state index in [1.807, 2.05) is 19.1 Å². The van der Waals surface area contributed by atoms with Crippen LogP contribution in [0.1, 0.15) is 26.5 Å². The van der Waals surface area contributed by atoms with Crippen LogP contribution in [0.3, 0.4) is 0 Å². The van der Waals surface area contributed by atoms with Gasteiger partial charge in [0.05, 0.1) is 4.92 Å². The van der Waals surface area contributed by atoms with Gasteiger partial charge in [-0.25, -0.2) is 0 Å². The molecule has 33 heavy (non-hydrogen) atoms. The number of nitro groups is 1. The Balaban J connectivity index is 1.40. The number of carbonyl (C=O) groups excluding carboxylic acids is 2. The van der Waals surface area contributed by atoms with Crippen molar-refractivity contribution in [1.82, 2.24) is 0 Å². The van der Waals surface area contributed by atoms with Gasteiger partial charge in [0, 0.05) is 34.6 Å². The Kier molecular flexibility index (Phi) is 5.99. The van der Waals surface area contributed by atoms with Gasteiger partial charge in [0.2, 0.25) is 0 Å². The van der Waals surface area contributed by atoms with Crippen LogP contribution in [-0.2, 0) is 0 Å². The number of amides is 2. The summed E-state index contributed by atoms with van der Waals surface area (Å²) < 4.78 is 5.58. The van der Waals surface area contributed by atoms with Gasteiger partial charge in [-0.1, -0.05) is 29.8 Å². The van der Waals surface area contributed by atoms with Crippen LogP contribution >= 0.6 is 0 Å². The van der Waals surface area contributed by atoms with Gasteiger partial charge in [0.15, 0.2) is 5.76 Å². The van der Waals surface area contributed by atoms with Gasteiger partial charge in [-0.05, 0) is 55.5 Å². The summed E-state index contributed by atoms with van der Waals surface area (Å²) in [5.74, 6) is -0.283. The monoisotopic (exact) mass is 441 g/mol. The predicted molar refractivity (Wildman–Crippen MR) is 124 cm³/mol. The number of furan rings is 1. The molecule has 2 amide bonds. The van der Waals surface area contributed by atoms with Crippen molar-refractivity contribution in [2.45, 2.75) is 6.92 Å². The summed E-state index contributed by atoms with van der Waals surface area (Å²) in [6, 6.07) is 23.0. The van der Waals surface area contributed by atoms with Crippen molar-refractivity contribution in [3.8, 4) is 11.3 Å². The van der Waals surface area contributed by atoms with Gasteiger partial charge in [-0.2, -0.15) is 0 Å². The number of nitrogens with one attached hydrogen (secondary N) is 2. The van der Waals surface area contributed by atoms with Crippen molar-refractivity contribution < 1.29 is 18.9 Å². The Morgan fingerprint density at radius 1 is 0.818 bits per heavy atom. The molecular formula is C25H19N3O5. The molecule has 4 rings (SSSR count). The molecule has 8 nitrogen and oxygen atoms in total. The molecule has 3 aromatic carbocycles. The smallest absolute Gasteiger partial charge is 0.291 e. The van der Waals surface area contributed by atoms with Crippen LogP contribution < -0.4 is 10.6 Å². The minimum absolute atomic E-state index is 0.0633. The number of nitro benzene ring substituents is 1. The zero-order valence-electron chi connectivity index (χ0n) is 17.6. The average Bonchev–Trinajstić information content (AvgIpc) is 3.31. The standard InChI is InChI=1S/C25H19N3O5/c1-16-4-2-6-18(14-16)24(29)26-19-8-10-20(11-9-19)27-25(30)23-13-12-22(33-23)17-5-3-7-21(15-17)28(31)32/h2-15H,1H3,(H,26,29)(H,27,30).